The van der Waals surface area contributed by atoms with Crippen LogP contribution in [0.25, 0.3) is 10.9 Å². The van der Waals surface area contributed by atoms with Crippen LogP contribution in [0.2, 0.25) is 0 Å². The first kappa shape index (κ1) is 12.1. The van der Waals surface area contributed by atoms with Crippen molar-refractivity contribution in [1.29, 1.82) is 0 Å². The van der Waals surface area contributed by atoms with Crippen molar-refractivity contribution in [3.8, 4) is 0 Å². The first-order chi connectivity index (χ1) is 8.06. The summed E-state index contributed by atoms with van der Waals surface area (Å²) < 4.78 is 0. The summed E-state index contributed by atoms with van der Waals surface area (Å²) in [5, 5.41) is 1.21. The first-order valence-electron chi connectivity index (χ1n) is 6.19. The summed E-state index contributed by atoms with van der Waals surface area (Å²) in [5.74, 6) is 0.501. The van der Waals surface area contributed by atoms with Gasteiger partial charge in [0.25, 0.3) is 0 Å². The predicted octanol–water partition coefficient (Wildman–Crippen LogP) is 3.38. The average Bonchev–Trinajstić information content (AvgIpc) is 2.27. The Morgan fingerprint density at radius 3 is 2.65 bits per heavy atom. The molecule has 2 aromatic rings. The molecule has 1 aromatic carbocycles. The molecule has 0 amide bonds. The van der Waals surface area contributed by atoms with Gasteiger partial charge in [-0.1, -0.05) is 19.1 Å². The molecule has 0 saturated carbocycles. The van der Waals surface area contributed by atoms with Crippen LogP contribution in [0.15, 0.2) is 30.3 Å². The van der Waals surface area contributed by atoms with Gasteiger partial charge in [-0.05, 0) is 49.9 Å². The summed E-state index contributed by atoms with van der Waals surface area (Å²) in [5.41, 5.74) is 9.33. The SMILES string of the molecule is Cc1ccc2cc(C(C)CC(C)N)ccc2n1. The largest absolute Gasteiger partial charge is 0.328 e. The Morgan fingerprint density at radius 1 is 1.18 bits per heavy atom. The first-order valence-corrected chi connectivity index (χ1v) is 6.19. The topological polar surface area (TPSA) is 38.9 Å². The van der Waals surface area contributed by atoms with E-state index in [-0.39, 0.29) is 6.04 Å². The van der Waals surface area contributed by atoms with E-state index in [9.17, 15) is 0 Å². The number of fused-ring (bicyclic) bond motifs is 1. The van der Waals surface area contributed by atoms with Crippen molar-refractivity contribution in [2.24, 2.45) is 5.73 Å². The maximum atomic E-state index is 5.85. The Hall–Kier alpha value is -1.41. The Labute approximate surface area is 103 Å². The molecule has 0 radical (unpaired) electrons. The van der Waals surface area contributed by atoms with Crippen LogP contribution in [0.5, 0.6) is 0 Å². The van der Waals surface area contributed by atoms with Gasteiger partial charge in [0, 0.05) is 17.1 Å². The summed E-state index contributed by atoms with van der Waals surface area (Å²) in [4.78, 5) is 4.51. The summed E-state index contributed by atoms with van der Waals surface area (Å²) in [6.07, 6.45) is 1.02. The third-order valence-electron chi connectivity index (χ3n) is 3.15. The van der Waals surface area contributed by atoms with Crippen molar-refractivity contribution >= 4 is 10.9 Å². The molecular weight excluding hydrogens is 208 g/mol. The highest BCUT2D eigenvalue weighted by Crippen LogP contribution is 2.23. The summed E-state index contributed by atoms with van der Waals surface area (Å²) in [6, 6.07) is 10.9. The van der Waals surface area contributed by atoms with E-state index in [0.29, 0.717) is 5.92 Å². The number of pyridine rings is 1. The van der Waals surface area contributed by atoms with E-state index in [1.165, 1.54) is 10.9 Å². The Bertz CT molecular complexity index is 517. The Morgan fingerprint density at radius 2 is 1.94 bits per heavy atom. The van der Waals surface area contributed by atoms with Crippen molar-refractivity contribution in [2.45, 2.75) is 39.2 Å². The van der Waals surface area contributed by atoms with Gasteiger partial charge in [-0.15, -0.1) is 0 Å². The molecule has 0 aliphatic carbocycles. The van der Waals surface area contributed by atoms with Crippen LogP contribution in [0.1, 0.15) is 37.4 Å². The normalized spacial score (nSPS) is 14.8. The molecule has 0 fully saturated rings. The number of nitrogens with two attached hydrogens (primary N) is 1. The molecule has 2 unspecified atom stereocenters. The van der Waals surface area contributed by atoms with Crippen molar-refractivity contribution in [3.63, 3.8) is 0 Å². The second-order valence-corrected chi connectivity index (χ2v) is 5.02. The lowest BCUT2D eigenvalue weighted by Gasteiger charge is -2.15. The molecule has 0 saturated heterocycles. The number of aromatic nitrogens is 1. The molecule has 1 heterocycles. The van der Waals surface area contributed by atoms with Crippen LogP contribution < -0.4 is 5.73 Å². The summed E-state index contributed by atoms with van der Waals surface area (Å²) >= 11 is 0. The van der Waals surface area contributed by atoms with Gasteiger partial charge in [-0.2, -0.15) is 0 Å². The Balaban J connectivity index is 2.34. The van der Waals surface area contributed by atoms with Crippen molar-refractivity contribution in [3.05, 3.63) is 41.6 Å². The van der Waals surface area contributed by atoms with Crippen LogP contribution in [0.3, 0.4) is 0 Å². The van der Waals surface area contributed by atoms with Crippen LogP contribution >= 0.6 is 0 Å². The highest BCUT2D eigenvalue weighted by atomic mass is 14.7. The lowest BCUT2D eigenvalue weighted by Crippen LogP contribution is -2.17. The molecule has 0 bridgehead atoms. The Kier molecular flexibility index (Phi) is 3.43. The molecule has 2 atom stereocenters. The maximum Gasteiger partial charge on any atom is 0.0705 e. The average molecular weight is 228 g/mol. The number of hydrogen-bond donors (Lipinski definition) is 1. The van der Waals surface area contributed by atoms with Crippen molar-refractivity contribution in [1.82, 2.24) is 4.98 Å². The number of hydrogen-bond acceptors (Lipinski definition) is 2. The highest BCUT2D eigenvalue weighted by molar-refractivity contribution is 5.79. The van der Waals surface area contributed by atoms with Gasteiger partial charge in [-0.25, -0.2) is 0 Å². The minimum Gasteiger partial charge on any atom is -0.328 e. The van der Waals surface area contributed by atoms with Crippen LogP contribution in [0.4, 0.5) is 0 Å². The van der Waals surface area contributed by atoms with Crippen molar-refractivity contribution < 1.29 is 0 Å². The molecular formula is C15H20N2. The fourth-order valence-electron chi connectivity index (χ4n) is 2.25. The van der Waals surface area contributed by atoms with Gasteiger partial charge in [0.05, 0.1) is 5.52 Å². The van der Waals surface area contributed by atoms with Gasteiger partial charge in [0.15, 0.2) is 0 Å². The van der Waals surface area contributed by atoms with E-state index >= 15 is 0 Å². The third-order valence-corrected chi connectivity index (χ3v) is 3.15. The molecule has 0 spiro atoms. The lowest BCUT2D eigenvalue weighted by atomic mass is 9.93. The fraction of sp³-hybridized carbons (Fsp3) is 0.400. The van der Waals surface area contributed by atoms with Crippen LogP contribution in [-0.2, 0) is 0 Å². The van der Waals surface area contributed by atoms with Gasteiger partial charge in [0.2, 0.25) is 0 Å². The van der Waals surface area contributed by atoms with Crippen LogP contribution in [0, 0.1) is 6.92 Å². The third kappa shape index (κ3) is 2.83. The molecule has 2 heteroatoms. The second kappa shape index (κ2) is 4.84. The number of rotatable bonds is 3. The molecule has 0 aliphatic rings. The molecule has 90 valence electrons. The van der Waals surface area contributed by atoms with E-state index in [1.807, 2.05) is 6.92 Å². The smallest absolute Gasteiger partial charge is 0.0705 e. The van der Waals surface area contributed by atoms with Crippen molar-refractivity contribution in [2.75, 3.05) is 0 Å². The van der Waals surface area contributed by atoms with Gasteiger partial charge >= 0.3 is 0 Å². The number of nitrogens with zero attached hydrogens (tertiary/aromatic N) is 1. The lowest BCUT2D eigenvalue weighted by molar-refractivity contribution is 0.586. The highest BCUT2D eigenvalue weighted by Gasteiger charge is 2.08. The minimum absolute atomic E-state index is 0.247. The van der Waals surface area contributed by atoms with Gasteiger partial charge in [0.1, 0.15) is 0 Å². The minimum atomic E-state index is 0.247. The predicted molar refractivity (Wildman–Crippen MR) is 73.2 cm³/mol. The molecule has 0 aliphatic heterocycles. The van der Waals surface area contributed by atoms with E-state index in [2.05, 4.69) is 49.2 Å². The van der Waals surface area contributed by atoms with E-state index in [0.717, 1.165) is 17.6 Å². The van der Waals surface area contributed by atoms with Crippen LogP contribution in [-0.4, -0.2) is 11.0 Å². The molecule has 1 aromatic heterocycles. The fourth-order valence-corrected chi connectivity index (χ4v) is 2.25. The molecule has 2 nitrogen and oxygen atoms in total. The summed E-state index contributed by atoms with van der Waals surface area (Å²) in [7, 11) is 0. The molecule has 17 heavy (non-hydrogen) atoms. The number of benzene rings is 1. The maximum absolute atomic E-state index is 5.85. The molecule has 2 rings (SSSR count). The molecule has 2 N–H and O–H groups in total. The standard InChI is InChI=1S/C15H20N2/c1-10(8-11(2)16)13-6-7-15-14(9-13)5-4-12(3)17-15/h4-7,9-11H,8,16H2,1-3H3. The quantitative estimate of drug-likeness (QED) is 0.874. The zero-order chi connectivity index (χ0) is 12.4. The van der Waals surface area contributed by atoms with E-state index < -0.39 is 0 Å². The van der Waals surface area contributed by atoms with E-state index in [1.54, 1.807) is 0 Å². The summed E-state index contributed by atoms with van der Waals surface area (Å²) in [6.45, 7) is 6.31. The van der Waals surface area contributed by atoms with E-state index in [4.69, 9.17) is 5.73 Å². The second-order valence-electron chi connectivity index (χ2n) is 5.02. The zero-order valence-corrected chi connectivity index (χ0v) is 10.8. The number of aryl methyl sites for hydroxylation is 1. The monoisotopic (exact) mass is 228 g/mol. The van der Waals surface area contributed by atoms with Gasteiger partial charge < -0.3 is 5.73 Å². The van der Waals surface area contributed by atoms with Gasteiger partial charge in [-0.3, -0.25) is 4.98 Å². The zero-order valence-electron chi connectivity index (χ0n) is 10.8.